The molecule has 0 bridgehead atoms. The van der Waals surface area contributed by atoms with Gasteiger partial charge in [-0.05, 0) is 47.5 Å². The third-order valence-corrected chi connectivity index (χ3v) is 12.2. The van der Waals surface area contributed by atoms with Crippen molar-refractivity contribution in [3.8, 4) is 0 Å². The molecule has 4 rings (SSSR count). The Morgan fingerprint density at radius 1 is 0.628 bits per heavy atom. The number of aromatic nitrogens is 2. The summed E-state index contributed by atoms with van der Waals surface area (Å²) in [6, 6.07) is 21.4. The molecule has 0 aliphatic heterocycles. The van der Waals surface area contributed by atoms with E-state index in [9.17, 15) is 19.8 Å². The number of benzene rings is 2. The van der Waals surface area contributed by atoms with Gasteiger partial charge in [-0.3, -0.25) is 9.97 Å². The molecule has 0 aliphatic rings. The molecule has 2 aromatic heterocycles. The topological polar surface area (TPSA) is 106 Å². The van der Waals surface area contributed by atoms with Crippen molar-refractivity contribution in [2.45, 2.75) is 69.7 Å². The smallest absolute Gasteiger partial charge is 0.0726 e. The number of carboxylic acids is 2. The van der Waals surface area contributed by atoms with Crippen LogP contribution in [-0.4, -0.2) is 43.0 Å². The molecule has 224 valence electrons. The van der Waals surface area contributed by atoms with E-state index in [1.54, 1.807) is 70.1 Å². The molecule has 2 heterocycles. The normalized spacial score (nSPS) is 9.91. The Balaban J connectivity index is 0.000000238. The summed E-state index contributed by atoms with van der Waals surface area (Å²) in [4.78, 5) is 31.1. The quantitative estimate of drug-likeness (QED) is 0.0815. The van der Waals surface area contributed by atoms with Crippen molar-refractivity contribution < 1.29 is 19.8 Å². The molecule has 0 N–H and O–H groups in total. The fourth-order valence-corrected chi connectivity index (χ4v) is 9.68. The fourth-order valence-electron chi connectivity index (χ4n) is 3.53. The number of pyridine rings is 2. The minimum Gasteiger partial charge on any atom is -0.545 e. The first kappa shape index (κ1) is 36.4. The summed E-state index contributed by atoms with van der Waals surface area (Å²) < 4.78 is 3.25. The third-order valence-electron chi connectivity index (χ3n) is 5.92. The average Bonchev–Trinajstić information content (AvgIpc) is 3.04. The maximum atomic E-state index is 10.9. The van der Waals surface area contributed by atoms with E-state index in [2.05, 4.69) is 23.8 Å². The van der Waals surface area contributed by atoms with Gasteiger partial charge in [0.25, 0.3) is 0 Å². The molecule has 9 heteroatoms. The summed E-state index contributed by atoms with van der Waals surface area (Å²) in [7, 11) is 0. The van der Waals surface area contributed by atoms with Crippen LogP contribution in [0.2, 0.25) is 8.87 Å². The zero-order valence-corrected chi connectivity index (χ0v) is 29.2. The molecule has 6 nitrogen and oxygen atoms in total. The predicted octanol–water partition coefficient (Wildman–Crippen LogP) is 6.60. The van der Waals surface area contributed by atoms with E-state index < -0.39 is 11.9 Å². The van der Waals surface area contributed by atoms with Crippen molar-refractivity contribution in [3.63, 3.8) is 0 Å². The van der Waals surface area contributed by atoms with E-state index in [-0.39, 0.29) is 32.3 Å². The van der Waals surface area contributed by atoms with Crippen molar-refractivity contribution in [1.82, 2.24) is 9.97 Å². The summed E-state index contributed by atoms with van der Waals surface area (Å²) in [5.41, 5.74) is 2.70. The Kier molecular flexibility index (Phi) is 19.2. The predicted molar refractivity (Wildman–Crippen MR) is 174 cm³/mol. The van der Waals surface area contributed by atoms with E-state index in [1.165, 1.54) is 49.2 Å². The number of thioether (sulfide) groups is 2. The number of carbonyl (C=O) groups excluding carboxylic acids is 2. The molecular weight excluding hydrogens is 683 g/mol. The number of carbonyl (C=O) groups is 2. The summed E-state index contributed by atoms with van der Waals surface area (Å²) in [6.07, 6.45) is 12.7. The molecule has 0 aliphatic carbocycles. The maximum Gasteiger partial charge on any atom is 0.0726 e. The van der Waals surface area contributed by atoms with Crippen LogP contribution < -0.4 is 10.2 Å². The molecule has 0 spiro atoms. The Hall–Kier alpha value is -2.82. The van der Waals surface area contributed by atoms with Gasteiger partial charge in [-0.25, -0.2) is 0 Å². The number of carboxylic acid groups (broad SMARTS) is 2. The van der Waals surface area contributed by atoms with Crippen molar-refractivity contribution in [1.29, 1.82) is 0 Å². The van der Waals surface area contributed by atoms with Crippen LogP contribution in [0.15, 0.2) is 107 Å². The summed E-state index contributed by atoms with van der Waals surface area (Å²) >= 11 is 3.11. The largest absolute Gasteiger partial charge is 0.545 e. The minimum atomic E-state index is -1.14. The number of unbranched alkanes of at least 4 members (excludes halogenated alkanes) is 2. The van der Waals surface area contributed by atoms with Gasteiger partial charge in [0.1, 0.15) is 0 Å². The monoisotopic (exact) mass is 722 g/mol. The standard InChI is InChI=1S/2C13H11NO2S.2C4H9.Sn/c2*15-13(16)11-3-1-2-4-12(11)17-9-10-5-7-14-8-6-10;2*1-3-4-2;/h2*1-8H,9H2,(H,15,16);2*1,3-4H2,2H3;/q;;;;+2/p-2. The van der Waals surface area contributed by atoms with Crippen molar-refractivity contribution in [2.75, 3.05) is 0 Å². The van der Waals surface area contributed by atoms with Crippen molar-refractivity contribution in [3.05, 3.63) is 120 Å². The van der Waals surface area contributed by atoms with E-state index in [0.29, 0.717) is 11.5 Å². The first-order chi connectivity index (χ1) is 21.0. The zero-order valence-electron chi connectivity index (χ0n) is 24.7. The third kappa shape index (κ3) is 15.5. The first-order valence-electron chi connectivity index (χ1n) is 14.3. The second-order valence-corrected chi connectivity index (χ2v) is 15.6. The summed E-state index contributed by atoms with van der Waals surface area (Å²) in [6.45, 7) is 4.58. The molecule has 0 amide bonds. The van der Waals surface area contributed by atoms with Gasteiger partial charge in [0.15, 0.2) is 0 Å². The zero-order chi connectivity index (χ0) is 31.1. The number of hydrogen-bond donors (Lipinski definition) is 0. The Morgan fingerprint density at radius 2 is 1.00 bits per heavy atom. The molecule has 2 aromatic carbocycles. The molecule has 0 radical (unpaired) electrons. The van der Waals surface area contributed by atoms with Gasteiger partial charge in [0.2, 0.25) is 0 Å². The Morgan fingerprint density at radius 3 is 1.35 bits per heavy atom. The molecule has 0 atom stereocenters. The van der Waals surface area contributed by atoms with Gasteiger partial charge in [-0.15, -0.1) is 23.5 Å². The van der Waals surface area contributed by atoms with E-state index >= 15 is 0 Å². The second-order valence-electron chi connectivity index (χ2n) is 9.31. The maximum absolute atomic E-state index is 10.9. The molecule has 0 saturated carbocycles. The molecular formula is C34H38N2O4S2Sn. The van der Waals surface area contributed by atoms with Crippen molar-refractivity contribution in [2.24, 2.45) is 0 Å². The van der Waals surface area contributed by atoms with E-state index in [1.807, 2.05) is 36.4 Å². The number of rotatable bonds is 14. The van der Waals surface area contributed by atoms with Crippen LogP contribution in [0.1, 0.15) is 71.4 Å². The summed E-state index contributed by atoms with van der Waals surface area (Å²) in [5.74, 6) is -0.842. The molecule has 43 heavy (non-hydrogen) atoms. The molecule has 4 aromatic rings. The second kappa shape index (κ2) is 22.7. The van der Waals surface area contributed by atoms with Gasteiger partial charge < -0.3 is 19.8 Å². The Labute approximate surface area is 274 Å². The van der Waals surface area contributed by atoms with Crippen molar-refractivity contribution >= 4 is 56.6 Å². The molecule has 0 fully saturated rings. The van der Waals surface area contributed by atoms with Crippen LogP contribution in [0.5, 0.6) is 0 Å². The van der Waals surface area contributed by atoms with Gasteiger partial charge in [-0.1, -0.05) is 36.4 Å². The number of aromatic carboxylic acids is 2. The number of hydrogen-bond acceptors (Lipinski definition) is 8. The van der Waals surface area contributed by atoms with Gasteiger partial charge in [0.05, 0.1) is 11.9 Å². The van der Waals surface area contributed by atoms with Gasteiger partial charge in [0, 0.05) is 57.2 Å². The average molecular weight is 722 g/mol. The van der Waals surface area contributed by atoms with Gasteiger partial charge >= 0.3 is 69.5 Å². The number of nitrogens with zero attached hydrogens (tertiary/aromatic N) is 2. The van der Waals surface area contributed by atoms with Crippen LogP contribution in [0.25, 0.3) is 0 Å². The van der Waals surface area contributed by atoms with Crippen LogP contribution in [0.3, 0.4) is 0 Å². The van der Waals surface area contributed by atoms with E-state index in [4.69, 9.17) is 0 Å². The minimum absolute atomic E-state index is 0.149. The SMILES string of the molecule is CCC[CH2][Sn+2][CH2]CCC.O=C([O-])c1ccccc1SCc1ccncc1.O=C([O-])c1ccccc1SCc1ccncc1. The van der Waals surface area contributed by atoms with Crippen LogP contribution in [0, 0.1) is 0 Å². The van der Waals surface area contributed by atoms with Crippen LogP contribution in [0.4, 0.5) is 0 Å². The van der Waals surface area contributed by atoms with Crippen LogP contribution in [-0.2, 0) is 11.5 Å². The van der Waals surface area contributed by atoms with Crippen LogP contribution >= 0.6 is 23.5 Å². The van der Waals surface area contributed by atoms with Gasteiger partial charge in [-0.2, -0.15) is 0 Å². The summed E-state index contributed by atoms with van der Waals surface area (Å²) in [5, 5.41) is 21.8. The first-order valence-corrected chi connectivity index (χ1v) is 20.3. The molecule has 0 saturated heterocycles. The fraction of sp³-hybridized carbons (Fsp3) is 0.294. The Bertz CT molecular complexity index is 1240. The molecule has 0 unspecified atom stereocenters. The van der Waals surface area contributed by atoms with E-state index in [0.717, 1.165) is 20.9 Å².